The van der Waals surface area contributed by atoms with Crippen LogP contribution in [-0.2, 0) is 4.79 Å². The van der Waals surface area contributed by atoms with E-state index < -0.39 is 0 Å². The highest BCUT2D eigenvalue weighted by atomic mass is 35.5. The standard InChI is InChI=1S/C13H19N3O.ClH/c1-10(11-4-3-6-14-8-11)16-12(17)13(2)5-7-15-9-13;/h3-4,6,8,10,15H,5,7,9H2,1-2H3,(H,16,17);1H. The fraction of sp³-hybridized carbons (Fsp3) is 0.538. The summed E-state index contributed by atoms with van der Waals surface area (Å²) in [7, 11) is 0. The van der Waals surface area contributed by atoms with Crippen molar-refractivity contribution in [2.75, 3.05) is 13.1 Å². The van der Waals surface area contributed by atoms with Gasteiger partial charge in [0.1, 0.15) is 0 Å². The van der Waals surface area contributed by atoms with Crippen molar-refractivity contribution in [2.24, 2.45) is 5.41 Å². The molecular formula is C13H20ClN3O. The van der Waals surface area contributed by atoms with Gasteiger partial charge in [-0.05, 0) is 38.4 Å². The Morgan fingerprint density at radius 2 is 2.39 bits per heavy atom. The number of hydrogen-bond donors (Lipinski definition) is 2. The van der Waals surface area contributed by atoms with Gasteiger partial charge in [0.2, 0.25) is 5.91 Å². The largest absolute Gasteiger partial charge is 0.349 e. The number of amides is 1. The van der Waals surface area contributed by atoms with E-state index in [0.717, 1.165) is 25.1 Å². The molecule has 0 bridgehead atoms. The summed E-state index contributed by atoms with van der Waals surface area (Å²) in [5.41, 5.74) is 0.770. The molecule has 0 aromatic carbocycles. The molecule has 2 atom stereocenters. The van der Waals surface area contributed by atoms with E-state index in [1.807, 2.05) is 26.0 Å². The number of aromatic nitrogens is 1. The van der Waals surface area contributed by atoms with Crippen molar-refractivity contribution in [3.63, 3.8) is 0 Å². The second kappa shape index (κ2) is 6.16. The topological polar surface area (TPSA) is 54.0 Å². The number of pyridine rings is 1. The molecule has 0 saturated carbocycles. The van der Waals surface area contributed by atoms with Gasteiger partial charge in [-0.3, -0.25) is 9.78 Å². The Kier molecular flexibility index (Phi) is 5.11. The van der Waals surface area contributed by atoms with Crippen molar-refractivity contribution in [1.82, 2.24) is 15.6 Å². The Hall–Kier alpha value is -1.13. The molecule has 5 heteroatoms. The van der Waals surface area contributed by atoms with Crippen LogP contribution < -0.4 is 10.6 Å². The number of carbonyl (C=O) groups excluding carboxylic acids is 1. The van der Waals surface area contributed by atoms with E-state index in [-0.39, 0.29) is 29.8 Å². The van der Waals surface area contributed by atoms with E-state index in [1.54, 1.807) is 12.4 Å². The Bertz CT molecular complexity index is 390. The SMILES string of the molecule is CC(NC(=O)C1(C)CCNC1)c1cccnc1.Cl. The zero-order valence-corrected chi connectivity index (χ0v) is 11.6. The van der Waals surface area contributed by atoms with Crippen molar-refractivity contribution < 1.29 is 4.79 Å². The van der Waals surface area contributed by atoms with E-state index in [9.17, 15) is 4.79 Å². The van der Waals surface area contributed by atoms with Gasteiger partial charge in [-0.1, -0.05) is 6.07 Å². The molecule has 2 rings (SSSR count). The summed E-state index contributed by atoms with van der Waals surface area (Å²) in [6, 6.07) is 3.87. The minimum Gasteiger partial charge on any atom is -0.349 e. The molecule has 1 aliphatic rings. The first-order valence-electron chi connectivity index (χ1n) is 6.03. The lowest BCUT2D eigenvalue weighted by molar-refractivity contribution is -0.129. The van der Waals surface area contributed by atoms with Gasteiger partial charge in [-0.15, -0.1) is 12.4 Å². The highest BCUT2D eigenvalue weighted by Gasteiger charge is 2.36. The molecule has 1 aliphatic heterocycles. The molecule has 0 spiro atoms. The van der Waals surface area contributed by atoms with Crippen molar-refractivity contribution in [3.05, 3.63) is 30.1 Å². The van der Waals surface area contributed by atoms with Crippen LogP contribution in [0.4, 0.5) is 0 Å². The average molecular weight is 270 g/mol. The third kappa shape index (κ3) is 3.21. The summed E-state index contributed by atoms with van der Waals surface area (Å²) in [6.45, 7) is 5.68. The molecule has 100 valence electrons. The zero-order chi connectivity index (χ0) is 12.3. The monoisotopic (exact) mass is 269 g/mol. The molecule has 1 amide bonds. The van der Waals surface area contributed by atoms with Crippen LogP contribution in [0.25, 0.3) is 0 Å². The summed E-state index contributed by atoms with van der Waals surface area (Å²) in [5.74, 6) is 0.124. The molecule has 2 heterocycles. The molecule has 1 saturated heterocycles. The van der Waals surface area contributed by atoms with E-state index in [2.05, 4.69) is 15.6 Å². The number of nitrogens with one attached hydrogen (secondary N) is 2. The number of carbonyl (C=O) groups is 1. The number of hydrogen-bond acceptors (Lipinski definition) is 3. The minimum absolute atomic E-state index is 0. The normalized spacial score (nSPS) is 24.1. The highest BCUT2D eigenvalue weighted by molar-refractivity contribution is 5.85. The van der Waals surface area contributed by atoms with Crippen LogP contribution in [0, 0.1) is 5.41 Å². The van der Waals surface area contributed by atoms with Gasteiger partial charge in [0.25, 0.3) is 0 Å². The molecular weight excluding hydrogens is 250 g/mol. The van der Waals surface area contributed by atoms with Gasteiger partial charge in [0.05, 0.1) is 11.5 Å². The number of halogens is 1. The molecule has 1 aromatic heterocycles. The molecule has 4 nitrogen and oxygen atoms in total. The zero-order valence-electron chi connectivity index (χ0n) is 10.8. The predicted octanol–water partition coefficient (Wildman–Crippen LogP) is 1.68. The van der Waals surface area contributed by atoms with Gasteiger partial charge in [0, 0.05) is 18.9 Å². The fourth-order valence-corrected chi connectivity index (χ4v) is 2.10. The van der Waals surface area contributed by atoms with Crippen LogP contribution in [0.5, 0.6) is 0 Å². The maximum absolute atomic E-state index is 12.2. The lowest BCUT2D eigenvalue weighted by atomic mass is 9.88. The van der Waals surface area contributed by atoms with Crippen molar-refractivity contribution in [1.29, 1.82) is 0 Å². The Balaban J connectivity index is 0.00000162. The maximum Gasteiger partial charge on any atom is 0.227 e. The Morgan fingerprint density at radius 3 is 2.94 bits per heavy atom. The number of rotatable bonds is 3. The van der Waals surface area contributed by atoms with Gasteiger partial charge in [0.15, 0.2) is 0 Å². The summed E-state index contributed by atoms with van der Waals surface area (Å²) >= 11 is 0. The Morgan fingerprint density at radius 1 is 1.61 bits per heavy atom. The van der Waals surface area contributed by atoms with Crippen molar-refractivity contribution in [2.45, 2.75) is 26.3 Å². The molecule has 2 unspecified atom stereocenters. The van der Waals surface area contributed by atoms with Crippen molar-refractivity contribution in [3.8, 4) is 0 Å². The van der Waals surface area contributed by atoms with Crippen LogP contribution >= 0.6 is 12.4 Å². The van der Waals surface area contributed by atoms with Crippen LogP contribution in [0.15, 0.2) is 24.5 Å². The lowest BCUT2D eigenvalue weighted by Gasteiger charge is -2.24. The summed E-state index contributed by atoms with van der Waals surface area (Å²) in [6.07, 6.45) is 4.43. The summed E-state index contributed by atoms with van der Waals surface area (Å²) in [5, 5.41) is 6.29. The Labute approximate surface area is 114 Å². The van der Waals surface area contributed by atoms with E-state index in [1.165, 1.54) is 0 Å². The van der Waals surface area contributed by atoms with Gasteiger partial charge < -0.3 is 10.6 Å². The second-order valence-corrected chi connectivity index (χ2v) is 4.97. The molecule has 2 N–H and O–H groups in total. The molecule has 0 aliphatic carbocycles. The maximum atomic E-state index is 12.2. The predicted molar refractivity (Wildman–Crippen MR) is 73.6 cm³/mol. The van der Waals surface area contributed by atoms with E-state index in [0.29, 0.717) is 0 Å². The average Bonchev–Trinajstić information content (AvgIpc) is 2.78. The van der Waals surface area contributed by atoms with Crippen LogP contribution in [0.2, 0.25) is 0 Å². The first-order valence-corrected chi connectivity index (χ1v) is 6.03. The van der Waals surface area contributed by atoms with E-state index >= 15 is 0 Å². The third-order valence-electron chi connectivity index (χ3n) is 3.45. The van der Waals surface area contributed by atoms with Gasteiger partial charge >= 0.3 is 0 Å². The fourth-order valence-electron chi connectivity index (χ4n) is 2.10. The minimum atomic E-state index is -0.267. The molecule has 1 fully saturated rings. The third-order valence-corrected chi connectivity index (χ3v) is 3.45. The molecule has 0 radical (unpaired) electrons. The van der Waals surface area contributed by atoms with E-state index in [4.69, 9.17) is 0 Å². The number of nitrogens with zero attached hydrogens (tertiary/aromatic N) is 1. The molecule has 1 aromatic rings. The first kappa shape index (κ1) is 14.9. The van der Waals surface area contributed by atoms with Gasteiger partial charge in [-0.25, -0.2) is 0 Å². The second-order valence-electron chi connectivity index (χ2n) is 4.97. The summed E-state index contributed by atoms with van der Waals surface area (Å²) < 4.78 is 0. The van der Waals surface area contributed by atoms with Crippen LogP contribution in [0.3, 0.4) is 0 Å². The van der Waals surface area contributed by atoms with Crippen molar-refractivity contribution >= 4 is 18.3 Å². The highest BCUT2D eigenvalue weighted by Crippen LogP contribution is 2.25. The van der Waals surface area contributed by atoms with Crippen LogP contribution in [0.1, 0.15) is 31.9 Å². The summed E-state index contributed by atoms with van der Waals surface area (Å²) in [4.78, 5) is 16.2. The van der Waals surface area contributed by atoms with Crippen LogP contribution in [-0.4, -0.2) is 24.0 Å². The lowest BCUT2D eigenvalue weighted by Crippen LogP contribution is -2.41. The van der Waals surface area contributed by atoms with Gasteiger partial charge in [-0.2, -0.15) is 0 Å². The smallest absolute Gasteiger partial charge is 0.227 e. The first-order chi connectivity index (χ1) is 8.12. The molecule has 18 heavy (non-hydrogen) atoms. The quantitative estimate of drug-likeness (QED) is 0.878.